The molecule has 94 valence electrons. The highest BCUT2D eigenvalue weighted by Crippen LogP contribution is 2.21. The van der Waals surface area contributed by atoms with Gasteiger partial charge in [-0.05, 0) is 54.6 Å². The van der Waals surface area contributed by atoms with Gasteiger partial charge in [-0.15, -0.1) is 11.6 Å². The molecule has 0 N–H and O–H groups in total. The van der Waals surface area contributed by atoms with Gasteiger partial charge in [0.15, 0.2) is 0 Å². The van der Waals surface area contributed by atoms with Gasteiger partial charge in [0, 0.05) is 16.5 Å². The molecule has 1 aromatic rings. The van der Waals surface area contributed by atoms with Crippen LogP contribution in [0.5, 0.6) is 0 Å². The summed E-state index contributed by atoms with van der Waals surface area (Å²) in [6, 6.07) is 4.13. The summed E-state index contributed by atoms with van der Waals surface area (Å²) in [5.41, 5.74) is 0.0588. The monoisotopic (exact) mass is 369 g/mol. The fraction of sp³-hybridized carbons (Fsp3) is 0.417. The van der Waals surface area contributed by atoms with Crippen LogP contribution in [0, 0.1) is 9.39 Å². The maximum atomic E-state index is 13.0. The van der Waals surface area contributed by atoms with Gasteiger partial charge in [-0.3, -0.25) is 4.79 Å². The first-order valence-electron chi connectivity index (χ1n) is 5.09. The number of carbonyl (C=O) groups is 1. The van der Waals surface area contributed by atoms with Crippen molar-refractivity contribution in [2.75, 3.05) is 12.9 Å². The molecule has 0 spiro atoms. The van der Waals surface area contributed by atoms with E-state index in [4.69, 9.17) is 11.6 Å². The molecule has 5 heteroatoms. The van der Waals surface area contributed by atoms with Crippen molar-refractivity contribution in [1.82, 2.24) is 4.90 Å². The topological polar surface area (TPSA) is 20.3 Å². The lowest BCUT2D eigenvalue weighted by atomic mass is 10.0. The maximum absolute atomic E-state index is 13.0. The average Bonchev–Trinajstić information content (AvgIpc) is 2.27. The van der Waals surface area contributed by atoms with Crippen LogP contribution in [0.3, 0.4) is 0 Å². The number of hydrogen-bond donors (Lipinski definition) is 0. The van der Waals surface area contributed by atoms with Crippen LogP contribution < -0.4 is 0 Å². The Hall–Kier alpha value is -0.360. The van der Waals surface area contributed by atoms with E-state index >= 15 is 0 Å². The molecule has 1 aromatic carbocycles. The highest BCUT2D eigenvalue weighted by molar-refractivity contribution is 14.1. The Labute approximate surface area is 119 Å². The summed E-state index contributed by atoms with van der Waals surface area (Å²) >= 11 is 7.78. The van der Waals surface area contributed by atoms with E-state index in [9.17, 15) is 9.18 Å². The van der Waals surface area contributed by atoms with E-state index in [-0.39, 0.29) is 11.7 Å². The molecule has 0 aliphatic carbocycles. The molecule has 17 heavy (non-hydrogen) atoms. The molecule has 0 atom stereocenters. The van der Waals surface area contributed by atoms with Crippen LogP contribution >= 0.6 is 34.2 Å². The van der Waals surface area contributed by atoms with Gasteiger partial charge in [0.25, 0.3) is 5.91 Å². The lowest BCUT2D eigenvalue weighted by Crippen LogP contribution is -2.46. The predicted octanol–water partition coefficient (Wildman–Crippen LogP) is 3.52. The minimum absolute atomic E-state index is 0.153. The normalized spacial score (nSPS) is 11.4. The fourth-order valence-corrected chi connectivity index (χ4v) is 2.10. The average molecular weight is 370 g/mol. The molecule has 0 saturated heterocycles. The second-order valence-corrected chi connectivity index (χ2v) is 5.86. The molecule has 2 nitrogen and oxygen atoms in total. The Morgan fingerprint density at radius 1 is 1.53 bits per heavy atom. The lowest BCUT2D eigenvalue weighted by Gasteiger charge is -2.34. The minimum atomic E-state index is -0.434. The van der Waals surface area contributed by atoms with Gasteiger partial charge >= 0.3 is 0 Å². The zero-order valence-electron chi connectivity index (χ0n) is 9.93. The van der Waals surface area contributed by atoms with Gasteiger partial charge in [-0.1, -0.05) is 0 Å². The largest absolute Gasteiger partial charge is 0.335 e. The number of rotatable bonds is 3. The van der Waals surface area contributed by atoms with Crippen molar-refractivity contribution in [1.29, 1.82) is 0 Å². The minimum Gasteiger partial charge on any atom is -0.335 e. The Morgan fingerprint density at radius 3 is 2.59 bits per heavy atom. The van der Waals surface area contributed by atoms with Gasteiger partial charge in [0.1, 0.15) is 5.82 Å². The number of alkyl halides is 1. The molecule has 1 amide bonds. The van der Waals surface area contributed by atoms with Crippen LogP contribution in [0.25, 0.3) is 0 Å². The summed E-state index contributed by atoms with van der Waals surface area (Å²) in [5, 5.41) is 0. The van der Waals surface area contributed by atoms with Crippen LogP contribution in [0.4, 0.5) is 4.39 Å². The quantitative estimate of drug-likeness (QED) is 0.590. The second kappa shape index (κ2) is 5.52. The standard InChI is InChI=1S/C12H14ClFINO/c1-12(2,7-13)16(3)11(17)9-5-4-8(14)6-10(9)15/h4-6H,7H2,1-3H3. The first-order chi connectivity index (χ1) is 7.79. The van der Waals surface area contributed by atoms with Crippen molar-refractivity contribution in [3.8, 4) is 0 Å². The van der Waals surface area contributed by atoms with Gasteiger partial charge in [0.05, 0.1) is 11.1 Å². The number of hydrogen-bond acceptors (Lipinski definition) is 1. The predicted molar refractivity (Wildman–Crippen MR) is 76.0 cm³/mol. The van der Waals surface area contributed by atoms with E-state index in [1.807, 2.05) is 36.4 Å². The molecule has 0 aliphatic rings. The number of carbonyl (C=O) groups excluding carboxylic acids is 1. The number of nitrogens with zero attached hydrogens (tertiary/aromatic N) is 1. The SMILES string of the molecule is CN(C(=O)c1ccc(F)cc1I)C(C)(C)CCl. The molecule has 1 rings (SSSR count). The van der Waals surface area contributed by atoms with Crippen LogP contribution in [-0.4, -0.2) is 29.3 Å². The van der Waals surface area contributed by atoms with Crippen molar-refractivity contribution >= 4 is 40.1 Å². The first kappa shape index (κ1) is 14.7. The van der Waals surface area contributed by atoms with Gasteiger partial charge in [-0.2, -0.15) is 0 Å². The van der Waals surface area contributed by atoms with Crippen molar-refractivity contribution in [2.24, 2.45) is 0 Å². The zero-order valence-corrected chi connectivity index (χ0v) is 12.8. The van der Waals surface area contributed by atoms with Crippen molar-refractivity contribution < 1.29 is 9.18 Å². The van der Waals surface area contributed by atoms with Crippen LogP contribution in [0.15, 0.2) is 18.2 Å². The van der Waals surface area contributed by atoms with Crippen molar-refractivity contribution in [3.05, 3.63) is 33.1 Å². The zero-order chi connectivity index (χ0) is 13.2. The Morgan fingerprint density at radius 2 is 2.12 bits per heavy atom. The molecular weight excluding hydrogens is 355 g/mol. The third-order valence-corrected chi connectivity index (χ3v) is 4.25. The molecule has 0 saturated carbocycles. The number of amides is 1. The van der Waals surface area contributed by atoms with E-state index in [0.717, 1.165) is 0 Å². The summed E-state index contributed by atoms with van der Waals surface area (Å²) in [6.45, 7) is 3.77. The van der Waals surface area contributed by atoms with Crippen LogP contribution in [0.1, 0.15) is 24.2 Å². The van der Waals surface area contributed by atoms with E-state index in [2.05, 4.69) is 0 Å². The van der Waals surface area contributed by atoms with E-state index in [1.54, 1.807) is 11.9 Å². The van der Waals surface area contributed by atoms with Crippen molar-refractivity contribution in [2.45, 2.75) is 19.4 Å². The molecule has 0 bridgehead atoms. The lowest BCUT2D eigenvalue weighted by molar-refractivity contribution is 0.0659. The summed E-state index contributed by atoms with van der Waals surface area (Å²) in [4.78, 5) is 13.8. The van der Waals surface area contributed by atoms with Gasteiger partial charge < -0.3 is 4.90 Å². The van der Waals surface area contributed by atoms with Crippen molar-refractivity contribution in [3.63, 3.8) is 0 Å². The molecule has 0 radical (unpaired) electrons. The highest BCUT2D eigenvalue weighted by atomic mass is 127. The third-order valence-electron chi connectivity index (χ3n) is 2.70. The Balaban J connectivity index is 3.05. The van der Waals surface area contributed by atoms with Gasteiger partial charge in [-0.25, -0.2) is 4.39 Å². The molecule has 0 heterocycles. The van der Waals surface area contributed by atoms with E-state index in [1.165, 1.54) is 18.2 Å². The maximum Gasteiger partial charge on any atom is 0.255 e. The molecular formula is C12H14ClFINO. The summed E-state index contributed by atoms with van der Waals surface area (Å²) < 4.78 is 13.6. The first-order valence-corrected chi connectivity index (χ1v) is 6.70. The summed E-state index contributed by atoms with van der Waals surface area (Å²) in [5.74, 6) is -0.155. The Kier molecular flexibility index (Phi) is 4.77. The van der Waals surface area contributed by atoms with E-state index < -0.39 is 5.54 Å². The molecule has 0 aromatic heterocycles. The number of halogens is 3. The third kappa shape index (κ3) is 3.31. The van der Waals surface area contributed by atoms with Crippen LogP contribution in [0.2, 0.25) is 0 Å². The van der Waals surface area contributed by atoms with Gasteiger partial charge in [0.2, 0.25) is 0 Å². The summed E-state index contributed by atoms with van der Waals surface area (Å²) in [6.07, 6.45) is 0. The van der Waals surface area contributed by atoms with E-state index in [0.29, 0.717) is 15.0 Å². The number of benzene rings is 1. The smallest absolute Gasteiger partial charge is 0.255 e. The summed E-state index contributed by atoms with van der Waals surface area (Å²) in [7, 11) is 1.70. The molecule has 0 unspecified atom stereocenters. The molecule has 0 fully saturated rings. The van der Waals surface area contributed by atoms with Crippen LogP contribution in [-0.2, 0) is 0 Å². The second-order valence-electron chi connectivity index (χ2n) is 4.43. The Bertz CT molecular complexity index is 437. The highest BCUT2D eigenvalue weighted by Gasteiger charge is 2.28. The molecule has 0 aliphatic heterocycles. The fourth-order valence-electron chi connectivity index (χ4n) is 1.21.